The van der Waals surface area contributed by atoms with E-state index >= 15 is 0 Å². The van der Waals surface area contributed by atoms with Gasteiger partial charge in [-0.2, -0.15) is 10.1 Å². The fourth-order valence-electron chi connectivity index (χ4n) is 4.42. The molecule has 3 heterocycles. The van der Waals surface area contributed by atoms with Crippen molar-refractivity contribution < 1.29 is 14.3 Å². The summed E-state index contributed by atoms with van der Waals surface area (Å²) in [6.07, 6.45) is 4.86. The molecule has 3 aromatic rings. The van der Waals surface area contributed by atoms with Crippen LogP contribution in [0, 0.1) is 0 Å². The maximum atomic E-state index is 12.9. The molecule has 7 nitrogen and oxygen atoms in total. The Kier molecular flexibility index (Phi) is 7.69. The summed E-state index contributed by atoms with van der Waals surface area (Å²) in [5, 5.41) is 6.11. The van der Waals surface area contributed by atoms with Crippen molar-refractivity contribution in [3.8, 4) is 22.7 Å². The van der Waals surface area contributed by atoms with Crippen molar-refractivity contribution in [2.24, 2.45) is 4.99 Å². The lowest BCUT2D eigenvalue weighted by Gasteiger charge is -2.35. The van der Waals surface area contributed by atoms with E-state index in [4.69, 9.17) is 26.2 Å². The van der Waals surface area contributed by atoms with Gasteiger partial charge in [0, 0.05) is 30.4 Å². The van der Waals surface area contributed by atoms with Gasteiger partial charge in [-0.3, -0.25) is 4.79 Å². The third-order valence-electron chi connectivity index (χ3n) is 6.02. The number of hydrogen-bond donors (Lipinski definition) is 0. The highest BCUT2D eigenvalue weighted by molar-refractivity contribution is 8.18. The SMILES string of the molecule is CCCOc1ccc(-c2nn(-c3ccccc3)cc2/C=C2\SC(N3C[C@H](C)O[C@@H](C)C3)=NC2=O)cc1Cl. The zero-order chi connectivity index (χ0) is 25.9. The Morgan fingerprint density at radius 2 is 1.92 bits per heavy atom. The lowest BCUT2D eigenvalue weighted by molar-refractivity contribution is -0.113. The minimum atomic E-state index is -0.244. The zero-order valence-electron chi connectivity index (χ0n) is 21.1. The number of aromatic nitrogens is 2. The predicted molar refractivity (Wildman–Crippen MR) is 149 cm³/mol. The van der Waals surface area contributed by atoms with Crippen molar-refractivity contribution >= 4 is 40.5 Å². The van der Waals surface area contributed by atoms with Gasteiger partial charge in [-0.25, -0.2) is 4.68 Å². The zero-order valence-corrected chi connectivity index (χ0v) is 22.6. The minimum absolute atomic E-state index is 0.0833. The summed E-state index contributed by atoms with van der Waals surface area (Å²) >= 11 is 7.94. The number of hydrogen-bond acceptors (Lipinski definition) is 6. The topological polar surface area (TPSA) is 68.9 Å². The number of amidine groups is 1. The molecule has 2 aliphatic heterocycles. The smallest absolute Gasteiger partial charge is 0.286 e. The monoisotopic (exact) mass is 536 g/mol. The number of para-hydroxylation sites is 1. The Labute approximate surface area is 226 Å². The van der Waals surface area contributed by atoms with Gasteiger partial charge in [0.2, 0.25) is 0 Å². The molecule has 1 saturated heterocycles. The maximum Gasteiger partial charge on any atom is 0.286 e. The second-order valence-electron chi connectivity index (χ2n) is 9.18. The van der Waals surface area contributed by atoms with Crippen molar-refractivity contribution in [1.29, 1.82) is 0 Å². The Bertz CT molecular complexity index is 1340. The number of nitrogens with zero attached hydrogens (tertiary/aromatic N) is 4. The lowest BCUT2D eigenvalue weighted by atomic mass is 10.1. The standard InChI is InChI=1S/C28H29ClN4O3S/c1-4-12-35-24-11-10-20(13-23(24)29)26-21(17-33(31-26)22-8-6-5-7-9-22)14-25-27(34)30-28(37-25)32-15-18(2)36-19(3)16-32/h5-11,13-14,17-19H,4,12,15-16H2,1-3H3/b25-14-/t18-,19-/m0/s1. The molecule has 2 aromatic carbocycles. The van der Waals surface area contributed by atoms with Crippen molar-refractivity contribution in [2.45, 2.75) is 39.4 Å². The molecule has 0 aliphatic carbocycles. The summed E-state index contributed by atoms with van der Waals surface area (Å²) in [7, 11) is 0. The first kappa shape index (κ1) is 25.6. The van der Waals surface area contributed by atoms with E-state index < -0.39 is 0 Å². The van der Waals surface area contributed by atoms with Crippen molar-refractivity contribution in [2.75, 3.05) is 19.7 Å². The number of thioether (sulfide) groups is 1. The van der Waals surface area contributed by atoms with Gasteiger partial charge in [-0.05, 0) is 68.4 Å². The normalized spacial score (nSPS) is 21.0. The Morgan fingerprint density at radius 1 is 1.16 bits per heavy atom. The van der Waals surface area contributed by atoms with Gasteiger partial charge in [-0.15, -0.1) is 0 Å². The molecule has 0 saturated carbocycles. The highest BCUT2D eigenvalue weighted by Crippen LogP contribution is 2.36. The molecule has 0 N–H and O–H groups in total. The molecular weight excluding hydrogens is 508 g/mol. The molecule has 9 heteroatoms. The number of carbonyl (C=O) groups excluding carboxylic acids is 1. The molecule has 192 valence electrons. The number of ether oxygens (including phenoxy) is 2. The number of benzene rings is 2. The number of amides is 1. The predicted octanol–water partition coefficient (Wildman–Crippen LogP) is 6.06. The van der Waals surface area contributed by atoms with Gasteiger partial charge in [0.15, 0.2) is 5.17 Å². The van der Waals surface area contributed by atoms with Crippen LogP contribution in [0.5, 0.6) is 5.75 Å². The summed E-state index contributed by atoms with van der Waals surface area (Å²) in [6, 6.07) is 15.5. The molecule has 0 radical (unpaired) electrons. The van der Waals surface area contributed by atoms with E-state index in [-0.39, 0.29) is 18.1 Å². The molecule has 1 amide bonds. The highest BCUT2D eigenvalue weighted by Gasteiger charge is 2.31. The van der Waals surface area contributed by atoms with E-state index in [1.165, 1.54) is 11.8 Å². The van der Waals surface area contributed by atoms with Crippen molar-refractivity contribution in [1.82, 2.24) is 14.7 Å². The van der Waals surface area contributed by atoms with E-state index in [2.05, 4.69) is 16.8 Å². The summed E-state index contributed by atoms with van der Waals surface area (Å²) in [6.45, 7) is 8.14. The number of halogens is 1. The van der Waals surface area contributed by atoms with Crippen LogP contribution in [0.4, 0.5) is 0 Å². The summed E-state index contributed by atoms with van der Waals surface area (Å²) < 4.78 is 13.4. The van der Waals surface area contributed by atoms with Crippen molar-refractivity contribution in [3.05, 3.63) is 70.2 Å². The maximum absolute atomic E-state index is 12.9. The van der Waals surface area contributed by atoms with Gasteiger partial charge >= 0.3 is 0 Å². The molecule has 0 spiro atoms. The second-order valence-corrected chi connectivity index (χ2v) is 10.6. The van der Waals surface area contributed by atoms with Crippen LogP contribution in [0.25, 0.3) is 23.0 Å². The second kappa shape index (κ2) is 11.1. The summed E-state index contributed by atoms with van der Waals surface area (Å²) in [5.74, 6) is 0.398. The van der Waals surface area contributed by atoms with E-state index in [0.29, 0.717) is 35.4 Å². The van der Waals surface area contributed by atoms with E-state index in [0.717, 1.165) is 34.1 Å². The minimum Gasteiger partial charge on any atom is -0.492 e. The first-order chi connectivity index (χ1) is 17.9. The fourth-order valence-corrected chi connectivity index (χ4v) is 5.57. The summed E-state index contributed by atoms with van der Waals surface area (Å²) in [5.41, 5.74) is 3.28. The Balaban J connectivity index is 1.49. The largest absolute Gasteiger partial charge is 0.492 e. The van der Waals surface area contributed by atoms with Crippen LogP contribution >= 0.6 is 23.4 Å². The van der Waals surface area contributed by atoms with Crippen molar-refractivity contribution in [3.63, 3.8) is 0 Å². The quantitative estimate of drug-likeness (QED) is 0.357. The number of rotatable bonds is 6. The number of aliphatic imine (C=N–C) groups is 1. The molecule has 1 aromatic heterocycles. The van der Waals surface area contributed by atoms with Crippen LogP contribution in [0.1, 0.15) is 32.8 Å². The third kappa shape index (κ3) is 5.76. The van der Waals surface area contributed by atoms with E-state index in [9.17, 15) is 4.79 Å². The van der Waals surface area contributed by atoms with Crippen LogP contribution in [0.3, 0.4) is 0 Å². The molecule has 0 unspecified atom stereocenters. The van der Waals surface area contributed by atoms with Gasteiger partial charge in [0.25, 0.3) is 5.91 Å². The van der Waals surface area contributed by atoms with Crippen LogP contribution in [-0.4, -0.2) is 57.7 Å². The first-order valence-electron chi connectivity index (χ1n) is 12.4. The fraction of sp³-hybridized carbons (Fsp3) is 0.321. The molecular formula is C28H29ClN4O3S. The van der Waals surface area contributed by atoms with Gasteiger partial charge in [0.1, 0.15) is 11.4 Å². The Morgan fingerprint density at radius 3 is 2.62 bits per heavy atom. The third-order valence-corrected chi connectivity index (χ3v) is 7.36. The molecule has 2 atom stereocenters. The molecule has 2 aliphatic rings. The average Bonchev–Trinajstić information content (AvgIpc) is 3.47. The number of morpholine rings is 1. The lowest BCUT2D eigenvalue weighted by Crippen LogP contribution is -2.47. The van der Waals surface area contributed by atoms with Crippen LogP contribution in [-0.2, 0) is 9.53 Å². The van der Waals surface area contributed by atoms with E-state index in [1.54, 1.807) is 0 Å². The molecule has 37 heavy (non-hydrogen) atoms. The summed E-state index contributed by atoms with van der Waals surface area (Å²) in [4.78, 5) is 20.0. The van der Waals surface area contributed by atoms with Gasteiger partial charge < -0.3 is 14.4 Å². The van der Waals surface area contributed by atoms with Gasteiger partial charge in [0.05, 0.1) is 34.4 Å². The molecule has 0 bridgehead atoms. The van der Waals surface area contributed by atoms with Crippen LogP contribution in [0.15, 0.2) is 64.6 Å². The molecule has 1 fully saturated rings. The molecule has 5 rings (SSSR count). The Hall–Kier alpha value is -3.07. The van der Waals surface area contributed by atoms with E-state index in [1.807, 2.05) is 79.3 Å². The van der Waals surface area contributed by atoms with Crippen LogP contribution < -0.4 is 4.74 Å². The van der Waals surface area contributed by atoms with Crippen LogP contribution in [0.2, 0.25) is 5.02 Å². The first-order valence-corrected chi connectivity index (χ1v) is 13.6. The average molecular weight is 537 g/mol. The number of carbonyl (C=O) groups is 1. The van der Waals surface area contributed by atoms with Gasteiger partial charge in [-0.1, -0.05) is 36.7 Å². The highest BCUT2D eigenvalue weighted by atomic mass is 35.5.